The molecule has 1 aromatic carbocycles. The summed E-state index contributed by atoms with van der Waals surface area (Å²) < 4.78 is 1.27. The van der Waals surface area contributed by atoms with Crippen molar-refractivity contribution >= 4 is 27.2 Å². The normalized spacial score (nSPS) is 21.5. The summed E-state index contributed by atoms with van der Waals surface area (Å²) in [4.78, 5) is 17.3. The molecule has 0 aliphatic carbocycles. The summed E-state index contributed by atoms with van der Waals surface area (Å²) in [5.41, 5.74) is 1.18. The molecule has 4 heteroatoms. The topological polar surface area (TPSA) is 23.6 Å². The van der Waals surface area contributed by atoms with Crippen LogP contribution in [0.2, 0.25) is 0 Å². The lowest BCUT2D eigenvalue weighted by Crippen LogP contribution is -2.44. The van der Waals surface area contributed by atoms with Crippen molar-refractivity contribution < 1.29 is 4.79 Å². The van der Waals surface area contributed by atoms with Gasteiger partial charge in [0.25, 0.3) is 0 Å². The number of hydrogen-bond donors (Lipinski definition) is 0. The third-order valence-corrected chi connectivity index (χ3v) is 5.38. The van der Waals surface area contributed by atoms with Gasteiger partial charge in [-0.3, -0.25) is 9.69 Å². The average molecular weight is 302 g/mol. The molecule has 21 heavy (non-hydrogen) atoms. The van der Waals surface area contributed by atoms with Crippen molar-refractivity contribution in [2.75, 3.05) is 33.7 Å². The maximum absolute atomic E-state index is 12.8. The Bertz CT molecular complexity index is 637. The maximum Gasteiger partial charge on any atom is 0.155 e. The van der Waals surface area contributed by atoms with Gasteiger partial charge in [0.1, 0.15) is 0 Å². The van der Waals surface area contributed by atoms with Gasteiger partial charge in [-0.15, -0.1) is 11.3 Å². The van der Waals surface area contributed by atoms with Gasteiger partial charge in [0.15, 0.2) is 5.78 Å². The van der Waals surface area contributed by atoms with Crippen molar-refractivity contribution in [3.63, 3.8) is 0 Å². The predicted octanol–water partition coefficient (Wildman–Crippen LogP) is 2.65. The highest BCUT2D eigenvalue weighted by Gasteiger charge is 2.27. The maximum atomic E-state index is 12.8. The van der Waals surface area contributed by atoms with Gasteiger partial charge >= 0.3 is 0 Å². The third-order valence-electron chi connectivity index (χ3n) is 4.36. The highest BCUT2D eigenvalue weighted by atomic mass is 32.1. The number of nitrogens with zero attached hydrogens (tertiary/aromatic N) is 2. The smallest absolute Gasteiger partial charge is 0.155 e. The molecule has 0 N–H and O–H groups in total. The van der Waals surface area contributed by atoms with Crippen molar-refractivity contribution in [2.24, 2.45) is 0 Å². The van der Waals surface area contributed by atoms with E-state index in [1.165, 1.54) is 15.6 Å². The monoisotopic (exact) mass is 302 g/mol. The molecule has 1 aliphatic heterocycles. The first-order valence-electron chi connectivity index (χ1n) is 7.52. The van der Waals surface area contributed by atoms with Crippen LogP contribution in [0.1, 0.15) is 12.0 Å². The summed E-state index contributed by atoms with van der Waals surface area (Å²) in [6.45, 7) is 2.93. The van der Waals surface area contributed by atoms with Crippen LogP contribution in [0.25, 0.3) is 10.1 Å². The molecule has 2 aromatic rings. The Morgan fingerprint density at radius 3 is 2.95 bits per heavy atom. The molecule has 0 amide bonds. The third kappa shape index (κ3) is 3.18. The van der Waals surface area contributed by atoms with Gasteiger partial charge in [0.2, 0.25) is 0 Å². The molecular formula is C17H22N2OS. The molecule has 3 rings (SSSR count). The molecule has 1 saturated heterocycles. The van der Waals surface area contributed by atoms with Gasteiger partial charge in [0, 0.05) is 17.7 Å². The number of fused-ring (bicyclic) bond motifs is 1. The van der Waals surface area contributed by atoms with E-state index >= 15 is 0 Å². The fourth-order valence-corrected chi connectivity index (χ4v) is 4.06. The molecule has 2 heterocycles. The van der Waals surface area contributed by atoms with Crippen LogP contribution in [-0.4, -0.2) is 55.4 Å². The van der Waals surface area contributed by atoms with E-state index in [0.29, 0.717) is 12.2 Å². The standard InChI is InChI=1S/C17H22N2OS/c1-18-8-5-9-19(2)15(11-18)16(20)10-13-12-21-17-7-4-3-6-14(13)17/h3-4,6-7,12,15H,5,8-11H2,1-2H3. The predicted molar refractivity (Wildman–Crippen MR) is 89.1 cm³/mol. The van der Waals surface area contributed by atoms with Crippen molar-refractivity contribution in [1.29, 1.82) is 0 Å². The zero-order valence-electron chi connectivity index (χ0n) is 12.7. The van der Waals surface area contributed by atoms with E-state index in [0.717, 1.165) is 26.1 Å². The van der Waals surface area contributed by atoms with Crippen LogP contribution in [0.4, 0.5) is 0 Å². The molecule has 0 bridgehead atoms. The van der Waals surface area contributed by atoms with E-state index in [9.17, 15) is 4.79 Å². The Morgan fingerprint density at radius 2 is 2.10 bits per heavy atom. The number of thiophene rings is 1. The lowest BCUT2D eigenvalue weighted by Gasteiger charge is -2.26. The SMILES string of the molecule is CN1CCCN(C)C(C(=O)Cc2csc3ccccc23)C1. The molecular weight excluding hydrogens is 280 g/mol. The molecule has 1 aliphatic rings. The second kappa shape index (κ2) is 6.26. The molecule has 1 atom stereocenters. The van der Waals surface area contributed by atoms with E-state index in [1.807, 2.05) is 0 Å². The number of Topliss-reactive ketones (excluding diaryl/α,β-unsaturated/α-hetero) is 1. The zero-order chi connectivity index (χ0) is 14.8. The summed E-state index contributed by atoms with van der Waals surface area (Å²) in [6, 6.07) is 8.38. The summed E-state index contributed by atoms with van der Waals surface area (Å²) in [5, 5.41) is 3.38. The van der Waals surface area contributed by atoms with Gasteiger partial charge in [0.05, 0.1) is 6.04 Å². The molecule has 0 radical (unpaired) electrons. The summed E-state index contributed by atoms with van der Waals surface area (Å²) in [6.07, 6.45) is 1.69. The van der Waals surface area contributed by atoms with Gasteiger partial charge in [-0.1, -0.05) is 18.2 Å². The molecule has 3 nitrogen and oxygen atoms in total. The van der Waals surface area contributed by atoms with Gasteiger partial charge in [-0.25, -0.2) is 0 Å². The first kappa shape index (κ1) is 14.7. The average Bonchev–Trinajstić information content (AvgIpc) is 2.79. The van der Waals surface area contributed by atoms with Gasteiger partial charge in [-0.2, -0.15) is 0 Å². The lowest BCUT2D eigenvalue weighted by atomic mass is 10.0. The molecule has 0 spiro atoms. The van der Waals surface area contributed by atoms with Crippen molar-refractivity contribution in [1.82, 2.24) is 9.80 Å². The lowest BCUT2D eigenvalue weighted by molar-refractivity contribution is -0.123. The van der Waals surface area contributed by atoms with Crippen LogP contribution in [0.3, 0.4) is 0 Å². The van der Waals surface area contributed by atoms with Crippen molar-refractivity contribution in [3.8, 4) is 0 Å². The van der Waals surface area contributed by atoms with Gasteiger partial charge < -0.3 is 4.90 Å². The summed E-state index contributed by atoms with van der Waals surface area (Å²) >= 11 is 1.73. The van der Waals surface area contributed by atoms with E-state index in [2.05, 4.69) is 53.5 Å². The first-order chi connectivity index (χ1) is 10.1. The Morgan fingerprint density at radius 1 is 1.29 bits per heavy atom. The number of likely N-dealkylation sites (N-methyl/N-ethyl adjacent to an activating group) is 2. The molecule has 0 saturated carbocycles. The Balaban J connectivity index is 1.78. The minimum Gasteiger partial charge on any atom is -0.304 e. The van der Waals surface area contributed by atoms with E-state index in [-0.39, 0.29) is 6.04 Å². The quantitative estimate of drug-likeness (QED) is 0.871. The second-order valence-corrected chi connectivity index (χ2v) is 6.92. The van der Waals surface area contributed by atoms with E-state index < -0.39 is 0 Å². The molecule has 1 unspecified atom stereocenters. The van der Waals surface area contributed by atoms with Crippen LogP contribution in [0.5, 0.6) is 0 Å². The zero-order valence-corrected chi connectivity index (χ0v) is 13.5. The number of ketones is 1. The van der Waals surface area contributed by atoms with Crippen LogP contribution in [0, 0.1) is 0 Å². The largest absolute Gasteiger partial charge is 0.304 e. The fraction of sp³-hybridized carbons (Fsp3) is 0.471. The first-order valence-corrected chi connectivity index (χ1v) is 8.39. The van der Waals surface area contributed by atoms with Gasteiger partial charge in [-0.05, 0) is 56.0 Å². The van der Waals surface area contributed by atoms with Crippen molar-refractivity contribution in [3.05, 3.63) is 35.2 Å². The van der Waals surface area contributed by atoms with Crippen LogP contribution in [0.15, 0.2) is 29.6 Å². The van der Waals surface area contributed by atoms with E-state index in [4.69, 9.17) is 0 Å². The number of benzene rings is 1. The highest BCUT2D eigenvalue weighted by molar-refractivity contribution is 7.17. The van der Waals surface area contributed by atoms with Crippen LogP contribution >= 0.6 is 11.3 Å². The minimum absolute atomic E-state index is 0.0242. The van der Waals surface area contributed by atoms with Crippen molar-refractivity contribution in [2.45, 2.75) is 18.9 Å². The molecule has 1 aromatic heterocycles. The summed E-state index contributed by atoms with van der Waals surface area (Å²) in [5.74, 6) is 0.342. The Kier molecular flexibility index (Phi) is 4.38. The number of carbonyl (C=O) groups is 1. The number of carbonyl (C=O) groups excluding carboxylic acids is 1. The van der Waals surface area contributed by atoms with E-state index in [1.54, 1.807) is 11.3 Å². The molecule has 1 fully saturated rings. The Labute approximate surface area is 130 Å². The summed E-state index contributed by atoms with van der Waals surface area (Å²) in [7, 11) is 4.19. The fourth-order valence-electron chi connectivity index (χ4n) is 3.09. The minimum atomic E-state index is 0.0242. The highest BCUT2D eigenvalue weighted by Crippen LogP contribution is 2.26. The Hall–Kier alpha value is -1.23. The second-order valence-electron chi connectivity index (χ2n) is 6.01. The van der Waals surface area contributed by atoms with Crippen LogP contribution < -0.4 is 0 Å². The van der Waals surface area contributed by atoms with Crippen LogP contribution in [-0.2, 0) is 11.2 Å². The number of rotatable bonds is 3. The number of hydrogen-bond acceptors (Lipinski definition) is 4. The molecule has 112 valence electrons.